The molecule has 0 bridgehead atoms. The van der Waals surface area contributed by atoms with Gasteiger partial charge in [-0.25, -0.2) is 9.98 Å². The van der Waals surface area contributed by atoms with E-state index in [4.69, 9.17) is 4.74 Å². The number of aliphatic imine (C=N–C) groups is 1. The van der Waals surface area contributed by atoms with Gasteiger partial charge in [0.1, 0.15) is 0 Å². The number of thiazole rings is 1. The SMILES string of the molecule is CCNC(=NCc1ccc(C(=O)N2CC(C)OC(C)C2)cc1)NCc1sc(C)nc1C. The second-order valence-corrected chi connectivity index (χ2v) is 9.24. The topological polar surface area (TPSA) is 78.9 Å². The number of hydrogen-bond donors (Lipinski definition) is 2. The van der Waals surface area contributed by atoms with E-state index >= 15 is 0 Å². The Hall–Kier alpha value is -2.45. The van der Waals surface area contributed by atoms with E-state index in [1.807, 2.05) is 63.8 Å². The summed E-state index contributed by atoms with van der Waals surface area (Å²) in [5.41, 5.74) is 2.83. The summed E-state index contributed by atoms with van der Waals surface area (Å²) in [7, 11) is 0. The van der Waals surface area contributed by atoms with Gasteiger partial charge < -0.3 is 20.3 Å². The van der Waals surface area contributed by atoms with E-state index in [0.717, 1.165) is 28.8 Å². The Morgan fingerprint density at radius 1 is 1.19 bits per heavy atom. The van der Waals surface area contributed by atoms with Gasteiger partial charge >= 0.3 is 0 Å². The molecule has 168 valence electrons. The lowest BCUT2D eigenvalue weighted by molar-refractivity contribution is -0.0586. The maximum absolute atomic E-state index is 12.8. The summed E-state index contributed by atoms with van der Waals surface area (Å²) in [5, 5.41) is 7.74. The van der Waals surface area contributed by atoms with Gasteiger partial charge in [0.15, 0.2) is 5.96 Å². The van der Waals surface area contributed by atoms with Crippen molar-refractivity contribution in [3.05, 3.63) is 51.0 Å². The number of morpholine rings is 1. The molecule has 1 aromatic heterocycles. The van der Waals surface area contributed by atoms with Crippen molar-refractivity contribution in [2.45, 2.75) is 59.9 Å². The van der Waals surface area contributed by atoms with Crippen LogP contribution >= 0.6 is 11.3 Å². The van der Waals surface area contributed by atoms with Gasteiger partial charge in [-0.15, -0.1) is 11.3 Å². The minimum atomic E-state index is 0.0577. The van der Waals surface area contributed by atoms with Gasteiger partial charge in [0.25, 0.3) is 5.91 Å². The van der Waals surface area contributed by atoms with Crippen LogP contribution in [0.15, 0.2) is 29.3 Å². The summed E-state index contributed by atoms with van der Waals surface area (Å²) in [6, 6.07) is 7.73. The van der Waals surface area contributed by atoms with Crippen LogP contribution in [0.1, 0.15) is 52.3 Å². The maximum atomic E-state index is 12.8. The Morgan fingerprint density at radius 3 is 2.45 bits per heavy atom. The zero-order valence-corrected chi connectivity index (χ0v) is 19.9. The molecular weight excluding hydrogens is 410 g/mol. The Morgan fingerprint density at radius 2 is 1.87 bits per heavy atom. The van der Waals surface area contributed by atoms with E-state index in [1.165, 1.54) is 4.88 Å². The highest BCUT2D eigenvalue weighted by molar-refractivity contribution is 7.11. The average molecular weight is 444 g/mol. The van der Waals surface area contributed by atoms with Crippen molar-refractivity contribution in [1.82, 2.24) is 20.5 Å². The van der Waals surface area contributed by atoms with Crippen LogP contribution in [-0.4, -0.2) is 53.6 Å². The van der Waals surface area contributed by atoms with Crippen molar-refractivity contribution in [2.75, 3.05) is 19.6 Å². The molecule has 0 spiro atoms. The number of carbonyl (C=O) groups is 1. The van der Waals surface area contributed by atoms with Gasteiger partial charge in [0, 0.05) is 30.1 Å². The Balaban J connectivity index is 1.59. The number of carbonyl (C=O) groups excluding carboxylic acids is 1. The summed E-state index contributed by atoms with van der Waals surface area (Å²) in [4.78, 5) is 25.1. The second kappa shape index (κ2) is 10.7. The minimum absolute atomic E-state index is 0.0577. The molecule has 0 radical (unpaired) electrons. The quantitative estimate of drug-likeness (QED) is 0.529. The molecule has 0 saturated carbocycles. The van der Waals surface area contributed by atoms with Crippen LogP contribution < -0.4 is 10.6 Å². The summed E-state index contributed by atoms with van der Waals surface area (Å²) >= 11 is 1.70. The number of ether oxygens (including phenoxy) is 1. The van der Waals surface area contributed by atoms with Crippen LogP contribution in [0, 0.1) is 13.8 Å². The zero-order valence-electron chi connectivity index (χ0n) is 19.1. The number of nitrogens with zero attached hydrogens (tertiary/aromatic N) is 3. The Labute approximate surface area is 188 Å². The molecule has 1 aromatic carbocycles. The molecule has 2 aromatic rings. The lowest BCUT2D eigenvalue weighted by atomic mass is 10.1. The molecule has 1 aliphatic rings. The Bertz CT molecular complexity index is 899. The van der Waals surface area contributed by atoms with Crippen LogP contribution in [0.3, 0.4) is 0 Å². The summed E-state index contributed by atoms with van der Waals surface area (Å²) in [6.07, 6.45) is 0.131. The molecule has 0 aliphatic carbocycles. The highest BCUT2D eigenvalue weighted by atomic mass is 32.1. The fourth-order valence-electron chi connectivity index (χ4n) is 3.69. The largest absolute Gasteiger partial charge is 0.372 e. The normalized spacial score (nSPS) is 19.4. The molecular formula is C23H33N5O2S. The van der Waals surface area contributed by atoms with E-state index in [0.29, 0.717) is 31.7 Å². The number of benzene rings is 1. The van der Waals surface area contributed by atoms with Crippen LogP contribution in [0.5, 0.6) is 0 Å². The lowest BCUT2D eigenvalue weighted by Crippen LogP contribution is -2.48. The molecule has 1 amide bonds. The minimum Gasteiger partial charge on any atom is -0.372 e. The molecule has 1 fully saturated rings. The van der Waals surface area contributed by atoms with E-state index in [9.17, 15) is 4.79 Å². The zero-order chi connectivity index (χ0) is 22.4. The van der Waals surface area contributed by atoms with Crippen LogP contribution in [0.25, 0.3) is 0 Å². The van der Waals surface area contributed by atoms with E-state index in [1.54, 1.807) is 11.3 Å². The van der Waals surface area contributed by atoms with Crippen molar-refractivity contribution < 1.29 is 9.53 Å². The van der Waals surface area contributed by atoms with Gasteiger partial charge in [-0.3, -0.25) is 4.79 Å². The number of guanidine groups is 1. The third-order valence-electron chi connectivity index (χ3n) is 5.09. The molecule has 2 atom stereocenters. The second-order valence-electron chi connectivity index (χ2n) is 7.95. The summed E-state index contributed by atoms with van der Waals surface area (Å²) < 4.78 is 5.73. The third-order valence-corrected chi connectivity index (χ3v) is 6.16. The van der Waals surface area contributed by atoms with E-state index in [-0.39, 0.29) is 18.1 Å². The number of amides is 1. The van der Waals surface area contributed by atoms with Crippen molar-refractivity contribution in [3.63, 3.8) is 0 Å². The number of nitrogens with one attached hydrogen (secondary N) is 2. The van der Waals surface area contributed by atoms with Gasteiger partial charge in [0.2, 0.25) is 0 Å². The smallest absolute Gasteiger partial charge is 0.254 e. The fraction of sp³-hybridized carbons (Fsp3) is 0.522. The first-order valence-electron chi connectivity index (χ1n) is 10.8. The molecule has 2 N–H and O–H groups in total. The van der Waals surface area contributed by atoms with E-state index < -0.39 is 0 Å². The highest BCUT2D eigenvalue weighted by Crippen LogP contribution is 2.17. The van der Waals surface area contributed by atoms with Crippen molar-refractivity contribution in [3.8, 4) is 0 Å². The van der Waals surface area contributed by atoms with E-state index in [2.05, 4.69) is 20.6 Å². The predicted molar refractivity (Wildman–Crippen MR) is 126 cm³/mol. The molecule has 7 nitrogen and oxygen atoms in total. The monoisotopic (exact) mass is 443 g/mol. The first-order chi connectivity index (χ1) is 14.9. The van der Waals surface area contributed by atoms with Crippen LogP contribution in [0.4, 0.5) is 0 Å². The molecule has 3 rings (SSSR count). The summed E-state index contributed by atoms with van der Waals surface area (Å²) in [5.74, 6) is 0.826. The van der Waals surface area contributed by atoms with Crippen LogP contribution in [0.2, 0.25) is 0 Å². The number of hydrogen-bond acceptors (Lipinski definition) is 5. The number of aromatic nitrogens is 1. The first-order valence-corrected chi connectivity index (χ1v) is 11.7. The maximum Gasteiger partial charge on any atom is 0.254 e. The lowest BCUT2D eigenvalue weighted by Gasteiger charge is -2.35. The molecule has 2 unspecified atom stereocenters. The summed E-state index contributed by atoms with van der Waals surface area (Å²) in [6.45, 7) is 13.4. The van der Waals surface area contributed by atoms with Gasteiger partial charge in [-0.2, -0.15) is 0 Å². The number of aryl methyl sites for hydroxylation is 2. The Kier molecular flexibility index (Phi) is 8.03. The molecule has 2 heterocycles. The molecule has 1 saturated heterocycles. The standard InChI is InChI=1S/C23H33N5O2S/c1-6-24-23(26-12-21-17(4)27-18(5)31-21)25-11-19-7-9-20(10-8-19)22(29)28-13-15(2)30-16(3)14-28/h7-10,15-16H,6,11-14H2,1-5H3,(H2,24,25,26). The van der Waals surface area contributed by atoms with Crippen molar-refractivity contribution >= 4 is 23.2 Å². The predicted octanol–water partition coefficient (Wildman–Crippen LogP) is 3.26. The molecule has 8 heteroatoms. The van der Waals surface area contributed by atoms with Crippen LogP contribution in [-0.2, 0) is 17.8 Å². The average Bonchev–Trinajstić information content (AvgIpc) is 3.06. The first kappa shape index (κ1) is 23.2. The van der Waals surface area contributed by atoms with Crippen molar-refractivity contribution in [1.29, 1.82) is 0 Å². The number of rotatable bonds is 6. The van der Waals surface area contributed by atoms with Gasteiger partial charge in [0.05, 0.1) is 36.0 Å². The molecule has 31 heavy (non-hydrogen) atoms. The van der Waals surface area contributed by atoms with Crippen molar-refractivity contribution in [2.24, 2.45) is 4.99 Å². The van der Waals surface area contributed by atoms with Gasteiger partial charge in [-0.05, 0) is 52.3 Å². The third kappa shape index (κ3) is 6.51. The van der Waals surface area contributed by atoms with Gasteiger partial charge in [-0.1, -0.05) is 12.1 Å². The fourth-order valence-corrected chi connectivity index (χ4v) is 4.57. The highest BCUT2D eigenvalue weighted by Gasteiger charge is 2.26. The molecule has 1 aliphatic heterocycles.